The molecule has 0 unspecified atom stereocenters. The van der Waals surface area contributed by atoms with Gasteiger partial charge in [-0.15, -0.1) is 0 Å². The molecule has 0 spiro atoms. The van der Waals surface area contributed by atoms with Gasteiger partial charge in [0.05, 0.1) is 0 Å². The first-order chi connectivity index (χ1) is 10.4. The maximum Gasteiger partial charge on any atom is 0.344 e. The van der Waals surface area contributed by atoms with E-state index < -0.39 is 12.1 Å². The summed E-state index contributed by atoms with van der Waals surface area (Å²) in [4.78, 5) is 34.3. The summed E-state index contributed by atoms with van der Waals surface area (Å²) in [7, 11) is 0. The molecule has 22 heavy (non-hydrogen) atoms. The third-order valence-electron chi connectivity index (χ3n) is 2.84. The Morgan fingerprint density at radius 1 is 1.18 bits per heavy atom. The molecule has 120 valence electrons. The van der Waals surface area contributed by atoms with Gasteiger partial charge in [0.15, 0.2) is 18.5 Å². The number of rotatable bonds is 8. The monoisotopic (exact) mass is 307 g/mol. The molecule has 0 aliphatic rings. The molecule has 0 saturated carbocycles. The highest BCUT2D eigenvalue weighted by atomic mass is 16.6. The fraction of sp³-hybridized carbons (Fsp3) is 0.438. The van der Waals surface area contributed by atoms with Gasteiger partial charge < -0.3 is 14.8 Å². The fourth-order valence-corrected chi connectivity index (χ4v) is 1.60. The Kier molecular flexibility index (Phi) is 7.08. The summed E-state index contributed by atoms with van der Waals surface area (Å²) in [5.41, 5.74) is 0.566. The molecular formula is C16H21NO5. The Morgan fingerprint density at radius 2 is 1.82 bits per heavy atom. The van der Waals surface area contributed by atoms with Gasteiger partial charge in [0.2, 0.25) is 0 Å². The van der Waals surface area contributed by atoms with Crippen LogP contribution in [0.3, 0.4) is 0 Å². The van der Waals surface area contributed by atoms with Crippen molar-refractivity contribution in [1.29, 1.82) is 0 Å². The summed E-state index contributed by atoms with van der Waals surface area (Å²) in [6.45, 7) is 5.15. The topological polar surface area (TPSA) is 81.7 Å². The molecule has 1 rings (SSSR count). The van der Waals surface area contributed by atoms with E-state index >= 15 is 0 Å². The Bertz CT molecular complexity index is 524. The van der Waals surface area contributed by atoms with E-state index in [1.165, 1.54) is 13.8 Å². The number of esters is 1. The van der Waals surface area contributed by atoms with Gasteiger partial charge in [-0.3, -0.25) is 9.59 Å². The van der Waals surface area contributed by atoms with Crippen molar-refractivity contribution in [2.75, 3.05) is 13.2 Å². The van der Waals surface area contributed by atoms with Gasteiger partial charge in [-0.25, -0.2) is 4.79 Å². The van der Waals surface area contributed by atoms with Crippen molar-refractivity contribution in [2.24, 2.45) is 0 Å². The molecule has 6 nitrogen and oxygen atoms in total. The number of ketones is 1. The molecule has 1 aromatic rings. The van der Waals surface area contributed by atoms with Crippen LogP contribution in [0.2, 0.25) is 0 Å². The highest BCUT2D eigenvalue weighted by molar-refractivity contribution is 5.94. The van der Waals surface area contributed by atoms with Gasteiger partial charge in [-0.2, -0.15) is 0 Å². The average molecular weight is 307 g/mol. The van der Waals surface area contributed by atoms with Gasteiger partial charge in [0.1, 0.15) is 5.75 Å². The second-order valence-corrected chi connectivity index (χ2v) is 4.79. The normalized spacial score (nSPS) is 11.4. The minimum atomic E-state index is -0.859. The lowest BCUT2D eigenvalue weighted by Crippen LogP contribution is -2.37. The smallest absolute Gasteiger partial charge is 0.344 e. The summed E-state index contributed by atoms with van der Waals surface area (Å²) in [6.07, 6.45) is -0.0473. The van der Waals surface area contributed by atoms with Crippen molar-refractivity contribution in [1.82, 2.24) is 5.32 Å². The summed E-state index contributed by atoms with van der Waals surface area (Å²) in [5.74, 6) is -0.557. The molecule has 0 fully saturated rings. The Morgan fingerprint density at radius 3 is 2.36 bits per heavy atom. The molecule has 1 N–H and O–H groups in total. The van der Waals surface area contributed by atoms with Crippen molar-refractivity contribution in [3.63, 3.8) is 0 Å². The first-order valence-electron chi connectivity index (χ1n) is 7.15. The van der Waals surface area contributed by atoms with Crippen LogP contribution in [0.1, 0.15) is 37.6 Å². The standard InChI is InChI=1S/C16H21NO5/c1-4-9-17-16(20)12(3)22-15(19)10-21-14-7-5-13(6-8-14)11(2)18/h5-8,12H,4,9-10H2,1-3H3,(H,17,20)/t12-/m1/s1. The lowest BCUT2D eigenvalue weighted by Gasteiger charge is -2.13. The number of nitrogens with one attached hydrogen (secondary N) is 1. The zero-order valence-electron chi connectivity index (χ0n) is 13.0. The SMILES string of the molecule is CCCNC(=O)[C@@H](C)OC(=O)COc1ccc(C(C)=O)cc1. The summed E-state index contributed by atoms with van der Waals surface area (Å²) in [5, 5.41) is 2.64. The molecule has 1 amide bonds. The predicted molar refractivity (Wildman–Crippen MR) is 80.8 cm³/mol. The van der Waals surface area contributed by atoms with Crippen LogP contribution in [0.25, 0.3) is 0 Å². The third-order valence-corrected chi connectivity index (χ3v) is 2.84. The van der Waals surface area contributed by atoms with Gasteiger partial charge >= 0.3 is 5.97 Å². The molecule has 6 heteroatoms. The second kappa shape index (κ2) is 8.81. The van der Waals surface area contributed by atoms with Gasteiger partial charge in [0, 0.05) is 12.1 Å². The average Bonchev–Trinajstić information content (AvgIpc) is 2.50. The first kappa shape index (κ1) is 17.7. The highest BCUT2D eigenvalue weighted by Gasteiger charge is 2.17. The van der Waals surface area contributed by atoms with E-state index in [-0.39, 0.29) is 18.3 Å². The van der Waals surface area contributed by atoms with Crippen molar-refractivity contribution < 1.29 is 23.9 Å². The van der Waals surface area contributed by atoms with Crippen LogP contribution in [-0.4, -0.2) is 36.9 Å². The van der Waals surface area contributed by atoms with Crippen molar-refractivity contribution in [3.8, 4) is 5.75 Å². The predicted octanol–water partition coefficient (Wildman–Crippen LogP) is 1.73. The number of ether oxygens (including phenoxy) is 2. The lowest BCUT2D eigenvalue weighted by molar-refractivity contribution is -0.156. The molecule has 0 radical (unpaired) electrons. The zero-order chi connectivity index (χ0) is 16.5. The molecule has 0 aliphatic heterocycles. The van der Waals surface area contributed by atoms with Crippen LogP contribution in [0.15, 0.2) is 24.3 Å². The van der Waals surface area contributed by atoms with Crippen molar-refractivity contribution >= 4 is 17.7 Å². The molecule has 0 aromatic heterocycles. The second-order valence-electron chi connectivity index (χ2n) is 4.79. The van der Waals surface area contributed by atoms with Crippen LogP contribution in [0, 0.1) is 0 Å². The van der Waals surface area contributed by atoms with Crippen LogP contribution in [-0.2, 0) is 14.3 Å². The first-order valence-corrected chi connectivity index (χ1v) is 7.15. The van der Waals surface area contributed by atoms with Crippen LogP contribution in [0.4, 0.5) is 0 Å². The largest absolute Gasteiger partial charge is 0.482 e. The van der Waals surface area contributed by atoms with Crippen LogP contribution >= 0.6 is 0 Å². The van der Waals surface area contributed by atoms with E-state index in [4.69, 9.17) is 9.47 Å². The molecule has 0 heterocycles. The zero-order valence-corrected chi connectivity index (χ0v) is 13.0. The third kappa shape index (κ3) is 5.95. The van der Waals surface area contributed by atoms with E-state index in [9.17, 15) is 14.4 Å². The minimum absolute atomic E-state index is 0.0436. The van der Waals surface area contributed by atoms with E-state index in [1.807, 2.05) is 6.92 Å². The molecule has 1 atom stereocenters. The summed E-state index contributed by atoms with van der Waals surface area (Å²) < 4.78 is 10.2. The highest BCUT2D eigenvalue weighted by Crippen LogP contribution is 2.12. The summed E-state index contributed by atoms with van der Waals surface area (Å²) in [6, 6.07) is 6.43. The van der Waals surface area contributed by atoms with Crippen molar-refractivity contribution in [3.05, 3.63) is 29.8 Å². The van der Waals surface area contributed by atoms with E-state index in [0.717, 1.165) is 6.42 Å². The van der Waals surface area contributed by atoms with Crippen LogP contribution in [0.5, 0.6) is 5.75 Å². The summed E-state index contributed by atoms with van der Waals surface area (Å²) >= 11 is 0. The maximum atomic E-state index is 11.6. The number of benzene rings is 1. The number of carbonyl (C=O) groups is 3. The van der Waals surface area contributed by atoms with Gasteiger partial charge in [-0.05, 0) is 44.5 Å². The van der Waals surface area contributed by atoms with E-state index in [2.05, 4.69) is 5.32 Å². The van der Waals surface area contributed by atoms with Crippen molar-refractivity contribution in [2.45, 2.75) is 33.3 Å². The van der Waals surface area contributed by atoms with Gasteiger partial charge in [0.25, 0.3) is 5.91 Å². The number of hydrogen-bond acceptors (Lipinski definition) is 5. The van der Waals surface area contributed by atoms with E-state index in [0.29, 0.717) is 17.9 Å². The maximum absolute atomic E-state index is 11.6. The lowest BCUT2D eigenvalue weighted by atomic mass is 10.1. The Hall–Kier alpha value is -2.37. The number of amides is 1. The molecular weight excluding hydrogens is 286 g/mol. The van der Waals surface area contributed by atoms with Crippen LogP contribution < -0.4 is 10.1 Å². The molecule has 0 saturated heterocycles. The molecule has 0 aliphatic carbocycles. The van der Waals surface area contributed by atoms with E-state index in [1.54, 1.807) is 24.3 Å². The quantitative estimate of drug-likeness (QED) is 0.584. The van der Waals surface area contributed by atoms with Gasteiger partial charge in [-0.1, -0.05) is 6.92 Å². The molecule has 0 bridgehead atoms. The number of hydrogen-bond donors (Lipinski definition) is 1. The number of Topliss-reactive ketones (excluding diaryl/α,β-unsaturated/α-hetero) is 1. The molecule has 1 aromatic carbocycles. The Labute approximate surface area is 129 Å². The number of carbonyl (C=O) groups excluding carboxylic acids is 3. The minimum Gasteiger partial charge on any atom is -0.482 e. The Balaban J connectivity index is 2.39. The fourth-order valence-electron chi connectivity index (χ4n) is 1.60.